The molecule has 1 saturated heterocycles. The van der Waals surface area contributed by atoms with E-state index in [4.69, 9.17) is 9.72 Å². The molecule has 2 fully saturated rings. The number of hydrogen-bond donors (Lipinski definition) is 0. The summed E-state index contributed by atoms with van der Waals surface area (Å²) in [5.41, 5.74) is 4.74. The summed E-state index contributed by atoms with van der Waals surface area (Å²) in [6.45, 7) is 5.02. The molecule has 3 heterocycles. The standard InChI is InChI=1S/C28H33FN4O2/c1-19-17-32(11-12-33(19)26(34)15-20-6-5-9-22(29)14-20)28-24(16-30)23-10-13-35-18-25(23)27(31-28)21-7-3-2-4-8-21/h5-6,9,14,19,21H,2-4,7-8,10-13,15,17-18H2,1H3. The fraction of sp³-hybridized carbons (Fsp3) is 0.536. The van der Waals surface area contributed by atoms with Crippen molar-refractivity contribution >= 4 is 11.7 Å². The summed E-state index contributed by atoms with van der Waals surface area (Å²) >= 11 is 0. The molecule has 1 amide bonds. The quantitative estimate of drug-likeness (QED) is 0.650. The summed E-state index contributed by atoms with van der Waals surface area (Å²) < 4.78 is 19.4. The van der Waals surface area contributed by atoms with Gasteiger partial charge < -0.3 is 14.5 Å². The zero-order valence-electron chi connectivity index (χ0n) is 20.4. The van der Waals surface area contributed by atoms with E-state index in [-0.39, 0.29) is 24.2 Å². The molecule has 1 aromatic carbocycles. The van der Waals surface area contributed by atoms with E-state index in [9.17, 15) is 14.4 Å². The maximum Gasteiger partial charge on any atom is 0.227 e. The van der Waals surface area contributed by atoms with Gasteiger partial charge >= 0.3 is 0 Å². The second kappa shape index (κ2) is 10.3. The zero-order chi connectivity index (χ0) is 24.4. The van der Waals surface area contributed by atoms with Gasteiger partial charge in [-0.3, -0.25) is 4.79 Å². The Balaban J connectivity index is 1.39. The summed E-state index contributed by atoms with van der Waals surface area (Å²) in [5, 5.41) is 10.1. The summed E-state index contributed by atoms with van der Waals surface area (Å²) in [4.78, 5) is 22.2. The van der Waals surface area contributed by atoms with Gasteiger partial charge in [-0.05, 0) is 49.4 Å². The fourth-order valence-corrected chi connectivity index (χ4v) is 5.97. The van der Waals surface area contributed by atoms with Gasteiger partial charge in [-0.1, -0.05) is 31.4 Å². The van der Waals surface area contributed by atoms with E-state index >= 15 is 0 Å². The number of nitriles is 1. The minimum absolute atomic E-state index is 0.00157. The van der Waals surface area contributed by atoms with Crippen molar-refractivity contribution in [2.45, 2.75) is 70.4 Å². The van der Waals surface area contributed by atoms with Gasteiger partial charge in [-0.2, -0.15) is 5.26 Å². The second-order valence-electron chi connectivity index (χ2n) is 10.1. The Morgan fingerprint density at radius 1 is 1.23 bits per heavy atom. The average molecular weight is 477 g/mol. The lowest BCUT2D eigenvalue weighted by atomic mass is 9.82. The van der Waals surface area contributed by atoms with Crippen molar-refractivity contribution in [3.63, 3.8) is 0 Å². The third-order valence-electron chi connectivity index (χ3n) is 7.76. The largest absolute Gasteiger partial charge is 0.376 e. The van der Waals surface area contributed by atoms with Gasteiger partial charge in [0.15, 0.2) is 0 Å². The van der Waals surface area contributed by atoms with Crippen LogP contribution in [0.15, 0.2) is 24.3 Å². The van der Waals surface area contributed by atoms with Crippen LogP contribution in [0, 0.1) is 17.1 Å². The smallest absolute Gasteiger partial charge is 0.227 e. The van der Waals surface area contributed by atoms with Crippen LogP contribution >= 0.6 is 0 Å². The summed E-state index contributed by atoms with van der Waals surface area (Å²) in [5.74, 6) is 0.881. The predicted molar refractivity (Wildman–Crippen MR) is 132 cm³/mol. The lowest BCUT2D eigenvalue weighted by Gasteiger charge is -2.41. The molecule has 3 aliphatic rings. The first kappa shape index (κ1) is 23.7. The van der Waals surface area contributed by atoms with Crippen molar-refractivity contribution in [2.24, 2.45) is 0 Å². The molecule has 0 radical (unpaired) electrons. The molecule has 1 saturated carbocycles. The summed E-state index contributed by atoms with van der Waals surface area (Å²) in [7, 11) is 0. The van der Waals surface area contributed by atoms with Crippen LogP contribution in [0.25, 0.3) is 0 Å². The molecule has 0 bridgehead atoms. The van der Waals surface area contributed by atoms with E-state index < -0.39 is 0 Å². The van der Waals surface area contributed by atoms with Crippen LogP contribution in [0.5, 0.6) is 0 Å². The van der Waals surface area contributed by atoms with Crippen molar-refractivity contribution in [3.8, 4) is 6.07 Å². The van der Waals surface area contributed by atoms with Crippen molar-refractivity contribution in [1.29, 1.82) is 5.26 Å². The topological polar surface area (TPSA) is 69.5 Å². The molecule has 2 aliphatic heterocycles. The number of halogens is 1. The Labute approximate surface area is 206 Å². The molecule has 1 unspecified atom stereocenters. The van der Waals surface area contributed by atoms with Gasteiger partial charge in [0.25, 0.3) is 0 Å². The van der Waals surface area contributed by atoms with Crippen LogP contribution in [0.3, 0.4) is 0 Å². The minimum atomic E-state index is -0.324. The maximum absolute atomic E-state index is 13.6. The van der Waals surface area contributed by atoms with Gasteiger partial charge in [0.1, 0.15) is 17.7 Å². The van der Waals surface area contributed by atoms with Crippen molar-refractivity contribution < 1.29 is 13.9 Å². The van der Waals surface area contributed by atoms with Gasteiger partial charge in [0.05, 0.1) is 30.9 Å². The van der Waals surface area contributed by atoms with E-state index in [0.717, 1.165) is 41.9 Å². The van der Waals surface area contributed by atoms with Crippen LogP contribution in [0.2, 0.25) is 0 Å². The van der Waals surface area contributed by atoms with Gasteiger partial charge in [-0.15, -0.1) is 0 Å². The van der Waals surface area contributed by atoms with E-state index in [2.05, 4.69) is 11.0 Å². The first-order valence-corrected chi connectivity index (χ1v) is 12.9. The number of ether oxygens (including phenoxy) is 1. The SMILES string of the molecule is CC1CN(c2nc(C3CCCCC3)c3c(c2C#N)CCOC3)CCN1C(=O)Cc1cccc(F)c1. The van der Waals surface area contributed by atoms with Crippen molar-refractivity contribution in [2.75, 3.05) is 31.1 Å². The predicted octanol–water partition coefficient (Wildman–Crippen LogP) is 4.49. The Kier molecular flexibility index (Phi) is 7.01. The molecule has 6 nitrogen and oxygen atoms in total. The molecule has 5 rings (SSSR count). The average Bonchev–Trinajstić information content (AvgIpc) is 2.88. The monoisotopic (exact) mass is 476 g/mol. The highest BCUT2D eigenvalue weighted by molar-refractivity contribution is 5.79. The summed E-state index contributed by atoms with van der Waals surface area (Å²) in [6.07, 6.45) is 6.94. The summed E-state index contributed by atoms with van der Waals surface area (Å²) in [6, 6.07) is 8.67. The molecule has 184 valence electrons. The highest BCUT2D eigenvalue weighted by atomic mass is 19.1. The van der Waals surface area contributed by atoms with Crippen molar-refractivity contribution in [1.82, 2.24) is 9.88 Å². The number of aromatic nitrogens is 1. The molecule has 35 heavy (non-hydrogen) atoms. The van der Waals surface area contributed by atoms with E-state index in [1.807, 2.05) is 11.8 Å². The Hall–Kier alpha value is -2.98. The number of carbonyl (C=O) groups excluding carboxylic acids is 1. The third-order valence-corrected chi connectivity index (χ3v) is 7.76. The van der Waals surface area contributed by atoms with Crippen LogP contribution in [0.4, 0.5) is 10.2 Å². The molecule has 1 aliphatic carbocycles. The molecule has 1 atom stereocenters. The Morgan fingerprint density at radius 2 is 2.06 bits per heavy atom. The fourth-order valence-electron chi connectivity index (χ4n) is 5.97. The zero-order valence-corrected chi connectivity index (χ0v) is 20.4. The van der Waals surface area contributed by atoms with Gasteiger partial charge in [-0.25, -0.2) is 9.37 Å². The molecule has 1 aromatic heterocycles. The highest BCUT2D eigenvalue weighted by Crippen LogP contribution is 2.39. The number of anilines is 1. The molecular formula is C28H33FN4O2. The molecular weight excluding hydrogens is 443 g/mol. The molecule has 0 N–H and O–H groups in total. The van der Waals surface area contributed by atoms with Crippen LogP contribution in [-0.4, -0.2) is 48.1 Å². The normalized spacial score (nSPS) is 20.9. The number of pyridine rings is 1. The van der Waals surface area contributed by atoms with E-state index in [1.54, 1.807) is 12.1 Å². The number of nitrogens with zero attached hydrogens (tertiary/aromatic N) is 4. The number of carbonyl (C=O) groups is 1. The van der Waals surface area contributed by atoms with E-state index in [0.29, 0.717) is 49.9 Å². The lowest BCUT2D eigenvalue weighted by molar-refractivity contribution is -0.132. The molecule has 0 spiro atoms. The van der Waals surface area contributed by atoms with Crippen LogP contribution in [0.1, 0.15) is 72.9 Å². The Bertz CT molecular complexity index is 1140. The van der Waals surface area contributed by atoms with Crippen LogP contribution < -0.4 is 4.90 Å². The molecule has 7 heteroatoms. The second-order valence-corrected chi connectivity index (χ2v) is 10.1. The third kappa shape index (κ3) is 4.90. The number of hydrogen-bond acceptors (Lipinski definition) is 5. The number of fused-ring (bicyclic) bond motifs is 1. The van der Waals surface area contributed by atoms with E-state index in [1.165, 1.54) is 31.4 Å². The molecule has 2 aromatic rings. The first-order chi connectivity index (χ1) is 17.0. The van der Waals surface area contributed by atoms with Gasteiger partial charge in [0, 0.05) is 37.2 Å². The maximum atomic E-state index is 13.6. The van der Waals surface area contributed by atoms with Crippen molar-refractivity contribution in [3.05, 3.63) is 58.0 Å². The number of amides is 1. The van der Waals surface area contributed by atoms with Gasteiger partial charge in [0.2, 0.25) is 5.91 Å². The first-order valence-electron chi connectivity index (χ1n) is 12.9. The number of rotatable bonds is 4. The highest BCUT2D eigenvalue weighted by Gasteiger charge is 2.33. The number of piperazine rings is 1. The lowest BCUT2D eigenvalue weighted by Crippen LogP contribution is -2.55. The number of benzene rings is 1. The van der Waals surface area contributed by atoms with Crippen LogP contribution in [-0.2, 0) is 29.0 Å². The Morgan fingerprint density at radius 3 is 2.80 bits per heavy atom. The minimum Gasteiger partial charge on any atom is -0.376 e.